The first kappa shape index (κ1) is 12.4. The van der Waals surface area contributed by atoms with Crippen LogP contribution in [0.3, 0.4) is 0 Å². The molecule has 5 heteroatoms. The van der Waals surface area contributed by atoms with Crippen molar-refractivity contribution in [3.8, 4) is 0 Å². The molecule has 0 fully saturated rings. The van der Waals surface area contributed by atoms with Gasteiger partial charge in [0.15, 0.2) is 0 Å². The normalized spacial score (nSPS) is 23.3. The Hall–Kier alpha value is -2.30. The van der Waals surface area contributed by atoms with Crippen molar-refractivity contribution in [3.05, 3.63) is 47.5 Å². The van der Waals surface area contributed by atoms with Crippen LogP contribution in [-0.4, -0.2) is 27.4 Å². The summed E-state index contributed by atoms with van der Waals surface area (Å²) in [5, 5.41) is 3.59. The van der Waals surface area contributed by atoms with E-state index < -0.39 is 0 Å². The maximum Gasteiger partial charge on any atom is 0.254 e. The Balaban J connectivity index is 1.67. The zero-order valence-corrected chi connectivity index (χ0v) is 12.2. The Kier molecular flexibility index (Phi) is 2.58. The lowest BCUT2D eigenvalue weighted by atomic mass is 10.1. The third-order valence-electron chi connectivity index (χ3n) is 4.54. The molecule has 0 saturated heterocycles. The minimum atomic E-state index is 0.106. The number of hydrogen-bond acceptors (Lipinski definition) is 3. The number of carbonyl (C=O) groups is 1. The second kappa shape index (κ2) is 4.35. The van der Waals surface area contributed by atoms with Crippen LogP contribution in [0.1, 0.15) is 47.2 Å². The van der Waals surface area contributed by atoms with E-state index in [1.54, 1.807) is 4.90 Å². The SMILES string of the molecule is CC1CC(Nc2cccc3c2CN(C)C3=O)c2nccn21. The van der Waals surface area contributed by atoms with Gasteiger partial charge in [-0.3, -0.25) is 4.79 Å². The van der Waals surface area contributed by atoms with E-state index in [-0.39, 0.29) is 11.9 Å². The van der Waals surface area contributed by atoms with Crippen molar-refractivity contribution in [1.29, 1.82) is 0 Å². The molecule has 2 aliphatic heterocycles. The van der Waals surface area contributed by atoms with Gasteiger partial charge in [0.1, 0.15) is 5.82 Å². The van der Waals surface area contributed by atoms with Crippen molar-refractivity contribution in [2.24, 2.45) is 0 Å². The van der Waals surface area contributed by atoms with Crippen molar-refractivity contribution in [2.75, 3.05) is 12.4 Å². The van der Waals surface area contributed by atoms with Crippen molar-refractivity contribution in [3.63, 3.8) is 0 Å². The lowest BCUT2D eigenvalue weighted by Crippen LogP contribution is -2.17. The van der Waals surface area contributed by atoms with Crippen molar-refractivity contribution in [1.82, 2.24) is 14.5 Å². The van der Waals surface area contributed by atoms with Crippen LogP contribution in [-0.2, 0) is 6.54 Å². The highest BCUT2D eigenvalue weighted by molar-refractivity contribution is 5.99. The van der Waals surface area contributed by atoms with E-state index in [0.717, 1.165) is 29.1 Å². The van der Waals surface area contributed by atoms with Crippen molar-refractivity contribution >= 4 is 11.6 Å². The number of nitrogens with one attached hydrogen (secondary N) is 1. The van der Waals surface area contributed by atoms with E-state index in [1.165, 1.54) is 0 Å². The molecule has 1 aromatic carbocycles. The quantitative estimate of drug-likeness (QED) is 0.921. The highest BCUT2D eigenvalue weighted by atomic mass is 16.2. The number of carbonyl (C=O) groups excluding carboxylic acids is 1. The highest BCUT2D eigenvalue weighted by Crippen LogP contribution is 2.37. The molecule has 4 rings (SSSR count). The molecule has 1 N–H and O–H groups in total. The van der Waals surface area contributed by atoms with Crippen molar-refractivity contribution in [2.45, 2.75) is 32.0 Å². The summed E-state index contributed by atoms with van der Waals surface area (Å²) >= 11 is 0. The number of nitrogens with zero attached hydrogens (tertiary/aromatic N) is 3. The molecule has 3 heterocycles. The van der Waals surface area contributed by atoms with Crippen LogP contribution >= 0.6 is 0 Å². The molecule has 0 aliphatic carbocycles. The zero-order valence-electron chi connectivity index (χ0n) is 12.2. The largest absolute Gasteiger partial charge is 0.375 e. The van der Waals surface area contributed by atoms with Gasteiger partial charge in [-0.1, -0.05) is 6.07 Å². The van der Waals surface area contributed by atoms with Crippen LogP contribution in [0.15, 0.2) is 30.6 Å². The molecule has 0 radical (unpaired) electrons. The molecule has 21 heavy (non-hydrogen) atoms. The van der Waals surface area contributed by atoms with Gasteiger partial charge < -0.3 is 14.8 Å². The Morgan fingerprint density at radius 2 is 2.24 bits per heavy atom. The van der Waals surface area contributed by atoms with Gasteiger partial charge >= 0.3 is 0 Å². The van der Waals surface area contributed by atoms with E-state index >= 15 is 0 Å². The standard InChI is InChI=1S/C16H18N4O/c1-10-8-14(15-17-6-7-20(10)15)18-13-5-3-4-11-12(13)9-19(2)16(11)21/h3-7,10,14,18H,8-9H2,1-2H3. The molecule has 2 atom stereocenters. The molecule has 0 saturated carbocycles. The first-order valence-electron chi connectivity index (χ1n) is 7.32. The third kappa shape index (κ3) is 1.77. The minimum absolute atomic E-state index is 0.106. The molecule has 2 unspecified atom stereocenters. The fourth-order valence-corrected chi connectivity index (χ4v) is 3.45. The maximum absolute atomic E-state index is 12.1. The summed E-state index contributed by atoms with van der Waals surface area (Å²) in [6.07, 6.45) is 4.91. The maximum atomic E-state index is 12.1. The number of aromatic nitrogens is 2. The van der Waals surface area contributed by atoms with Gasteiger partial charge in [-0.2, -0.15) is 0 Å². The van der Waals surface area contributed by atoms with Gasteiger partial charge in [0.25, 0.3) is 5.91 Å². The van der Waals surface area contributed by atoms with Gasteiger partial charge in [-0.15, -0.1) is 0 Å². The summed E-state index contributed by atoms with van der Waals surface area (Å²) in [4.78, 5) is 18.3. The Morgan fingerprint density at radius 1 is 1.38 bits per heavy atom. The molecule has 2 aromatic rings. The molecule has 1 aromatic heterocycles. The fourth-order valence-electron chi connectivity index (χ4n) is 3.45. The molecule has 5 nitrogen and oxygen atoms in total. The average molecular weight is 282 g/mol. The summed E-state index contributed by atoms with van der Waals surface area (Å²) in [5.74, 6) is 1.19. The Morgan fingerprint density at radius 3 is 3.10 bits per heavy atom. The van der Waals surface area contributed by atoms with Gasteiger partial charge in [-0.05, 0) is 25.5 Å². The molecule has 108 valence electrons. The lowest BCUT2D eigenvalue weighted by Gasteiger charge is -2.16. The van der Waals surface area contributed by atoms with Crippen LogP contribution in [0.4, 0.5) is 5.69 Å². The number of anilines is 1. The van der Waals surface area contributed by atoms with Crippen LogP contribution in [0.25, 0.3) is 0 Å². The Bertz CT molecular complexity index is 721. The van der Waals surface area contributed by atoms with Gasteiger partial charge in [0.05, 0.1) is 6.04 Å². The third-order valence-corrected chi connectivity index (χ3v) is 4.54. The zero-order chi connectivity index (χ0) is 14.6. The van der Waals surface area contributed by atoms with E-state index in [2.05, 4.69) is 27.9 Å². The van der Waals surface area contributed by atoms with Crippen LogP contribution in [0.2, 0.25) is 0 Å². The highest BCUT2D eigenvalue weighted by Gasteiger charge is 2.31. The molecule has 1 amide bonds. The molecular weight excluding hydrogens is 264 g/mol. The van der Waals surface area contributed by atoms with Crippen molar-refractivity contribution < 1.29 is 4.79 Å². The van der Waals surface area contributed by atoms with Crippen LogP contribution in [0.5, 0.6) is 0 Å². The number of rotatable bonds is 2. The predicted molar refractivity (Wildman–Crippen MR) is 80.2 cm³/mol. The van der Waals surface area contributed by atoms with E-state index in [4.69, 9.17) is 0 Å². The number of imidazole rings is 1. The predicted octanol–water partition coefficient (Wildman–Crippen LogP) is 2.59. The number of fused-ring (bicyclic) bond motifs is 2. The molecule has 2 aliphatic rings. The second-order valence-corrected chi connectivity index (χ2v) is 5.97. The summed E-state index contributed by atoms with van der Waals surface area (Å²) in [6.45, 7) is 2.88. The summed E-state index contributed by atoms with van der Waals surface area (Å²) in [6, 6.07) is 6.58. The number of hydrogen-bond donors (Lipinski definition) is 1. The summed E-state index contributed by atoms with van der Waals surface area (Å²) in [5.41, 5.74) is 2.97. The van der Waals surface area contributed by atoms with Gasteiger partial charge in [-0.25, -0.2) is 4.98 Å². The fraction of sp³-hybridized carbons (Fsp3) is 0.375. The van der Waals surface area contributed by atoms with E-state index in [1.807, 2.05) is 31.6 Å². The topological polar surface area (TPSA) is 50.2 Å². The first-order chi connectivity index (χ1) is 10.1. The minimum Gasteiger partial charge on any atom is -0.375 e. The smallest absolute Gasteiger partial charge is 0.254 e. The molecular formula is C16H18N4O. The second-order valence-electron chi connectivity index (χ2n) is 5.97. The number of amides is 1. The molecule has 0 bridgehead atoms. The Labute approximate surface area is 123 Å². The lowest BCUT2D eigenvalue weighted by molar-refractivity contribution is 0.0816. The molecule has 0 spiro atoms. The van der Waals surface area contributed by atoms with Crippen LogP contribution < -0.4 is 5.32 Å². The summed E-state index contributed by atoms with van der Waals surface area (Å²) < 4.78 is 2.22. The van der Waals surface area contributed by atoms with Gasteiger partial charge in [0.2, 0.25) is 0 Å². The van der Waals surface area contributed by atoms with Crippen LogP contribution in [0, 0.1) is 0 Å². The monoisotopic (exact) mass is 282 g/mol. The number of benzene rings is 1. The van der Waals surface area contributed by atoms with Gasteiger partial charge in [0, 0.05) is 48.8 Å². The summed E-state index contributed by atoms with van der Waals surface area (Å²) in [7, 11) is 1.84. The van der Waals surface area contributed by atoms with E-state index in [9.17, 15) is 4.79 Å². The first-order valence-corrected chi connectivity index (χ1v) is 7.32. The average Bonchev–Trinajstić information content (AvgIpc) is 3.12. The van der Waals surface area contributed by atoms with E-state index in [0.29, 0.717) is 12.6 Å².